The van der Waals surface area contributed by atoms with Crippen molar-refractivity contribution in [2.75, 3.05) is 11.9 Å². The van der Waals surface area contributed by atoms with Crippen LogP contribution in [0.25, 0.3) is 16.6 Å². The summed E-state index contributed by atoms with van der Waals surface area (Å²) in [5.74, 6) is 0.229. The van der Waals surface area contributed by atoms with Crippen LogP contribution >= 0.6 is 11.6 Å². The Morgan fingerprint density at radius 1 is 1.21 bits per heavy atom. The summed E-state index contributed by atoms with van der Waals surface area (Å²) in [5, 5.41) is 15.8. The van der Waals surface area contributed by atoms with Crippen molar-refractivity contribution < 1.29 is 14.7 Å². The number of carboxylic acid groups (broad SMARTS) is 1. The Morgan fingerprint density at radius 2 is 1.88 bits per heavy atom. The molecular formula is C24H28ClN5O4. The number of fused-ring (bicyclic) bond motifs is 1. The number of rotatable bonds is 5. The highest BCUT2D eigenvalue weighted by atomic mass is 35.5. The minimum Gasteiger partial charge on any atom is -0.465 e. The van der Waals surface area contributed by atoms with E-state index in [0.29, 0.717) is 23.4 Å². The molecule has 34 heavy (non-hydrogen) atoms. The van der Waals surface area contributed by atoms with Crippen LogP contribution in [-0.2, 0) is 0 Å². The average molecular weight is 486 g/mol. The Kier molecular flexibility index (Phi) is 7.16. The fraction of sp³-hybridized carbons (Fsp3) is 0.333. The summed E-state index contributed by atoms with van der Waals surface area (Å²) in [4.78, 5) is 43.8. The number of carbonyl (C=O) groups is 2. The molecule has 0 fully saturated rings. The molecule has 1 atom stereocenters. The van der Waals surface area contributed by atoms with Gasteiger partial charge in [-0.05, 0) is 65.0 Å². The third kappa shape index (κ3) is 4.99. The van der Waals surface area contributed by atoms with Gasteiger partial charge in [-0.2, -0.15) is 0 Å². The van der Waals surface area contributed by atoms with Gasteiger partial charge in [0, 0.05) is 17.8 Å². The molecule has 1 heterocycles. The lowest BCUT2D eigenvalue weighted by Crippen LogP contribution is -2.47. The molecule has 3 amide bonds. The standard InChI is InChI=1S/C24H28ClN5O4/c1-6-26-22(32)27-15-9-7-10-16(13-15)29-20(14(2)30(23(33)34)24(3,4)5)28-18-12-8-11-17(25)19(18)21(29)31/h7-14H,6H2,1-5H3,(H,33,34)(H2,26,27,32)/t14-/m1/s1. The van der Waals surface area contributed by atoms with Gasteiger partial charge in [0.05, 0.1) is 27.7 Å². The van der Waals surface area contributed by atoms with E-state index in [2.05, 4.69) is 15.6 Å². The highest BCUT2D eigenvalue weighted by molar-refractivity contribution is 6.35. The van der Waals surface area contributed by atoms with Gasteiger partial charge in [0.25, 0.3) is 5.56 Å². The molecule has 0 saturated heterocycles. The predicted octanol–water partition coefficient (Wildman–Crippen LogP) is 5.02. The average Bonchev–Trinajstić information content (AvgIpc) is 2.72. The molecule has 2 aromatic carbocycles. The van der Waals surface area contributed by atoms with Crippen LogP contribution in [0.3, 0.4) is 0 Å². The van der Waals surface area contributed by atoms with Crippen molar-refractivity contribution in [3.63, 3.8) is 0 Å². The van der Waals surface area contributed by atoms with Crippen molar-refractivity contribution in [2.45, 2.75) is 46.2 Å². The van der Waals surface area contributed by atoms with Gasteiger partial charge in [0.15, 0.2) is 0 Å². The van der Waals surface area contributed by atoms with E-state index in [9.17, 15) is 19.5 Å². The number of carbonyl (C=O) groups excluding carboxylic acids is 1. The first-order chi connectivity index (χ1) is 16.0. The molecule has 10 heteroatoms. The van der Waals surface area contributed by atoms with Gasteiger partial charge >= 0.3 is 12.1 Å². The molecule has 0 unspecified atom stereocenters. The number of hydrogen-bond donors (Lipinski definition) is 3. The number of urea groups is 1. The van der Waals surface area contributed by atoms with Crippen LogP contribution in [-0.4, -0.2) is 43.8 Å². The van der Waals surface area contributed by atoms with Crippen LogP contribution in [0.4, 0.5) is 15.3 Å². The van der Waals surface area contributed by atoms with E-state index in [1.807, 2.05) is 0 Å². The van der Waals surface area contributed by atoms with Gasteiger partial charge in [-0.25, -0.2) is 14.6 Å². The van der Waals surface area contributed by atoms with Gasteiger partial charge in [0.1, 0.15) is 5.82 Å². The topological polar surface area (TPSA) is 117 Å². The number of halogens is 1. The number of hydrogen-bond acceptors (Lipinski definition) is 4. The molecule has 0 aliphatic rings. The first-order valence-electron chi connectivity index (χ1n) is 10.8. The lowest BCUT2D eigenvalue weighted by molar-refractivity contribution is 0.0719. The Morgan fingerprint density at radius 3 is 2.50 bits per heavy atom. The van der Waals surface area contributed by atoms with E-state index in [4.69, 9.17) is 11.6 Å². The molecule has 0 saturated carbocycles. The van der Waals surface area contributed by atoms with Crippen molar-refractivity contribution >= 4 is 40.3 Å². The van der Waals surface area contributed by atoms with Crippen LogP contribution < -0.4 is 16.2 Å². The second-order valence-corrected chi connectivity index (χ2v) is 9.19. The summed E-state index contributed by atoms with van der Waals surface area (Å²) in [7, 11) is 0. The SMILES string of the molecule is CCNC(=O)Nc1cccc(-n2c([C@@H](C)N(C(=O)O)C(C)(C)C)nc3cccc(Cl)c3c2=O)c1. The summed E-state index contributed by atoms with van der Waals surface area (Å²) < 4.78 is 1.35. The zero-order chi connectivity index (χ0) is 25.2. The molecule has 1 aromatic heterocycles. The van der Waals surface area contributed by atoms with E-state index in [1.54, 1.807) is 77.1 Å². The smallest absolute Gasteiger partial charge is 0.408 e. The number of anilines is 1. The lowest BCUT2D eigenvalue weighted by Gasteiger charge is -2.38. The maximum atomic E-state index is 13.7. The summed E-state index contributed by atoms with van der Waals surface area (Å²) >= 11 is 6.35. The van der Waals surface area contributed by atoms with E-state index in [0.717, 1.165) is 0 Å². The minimum atomic E-state index is -1.14. The van der Waals surface area contributed by atoms with Crippen LogP contribution in [0.15, 0.2) is 47.3 Å². The Balaban J connectivity index is 2.30. The first kappa shape index (κ1) is 25.0. The van der Waals surface area contributed by atoms with Crippen LogP contribution in [0.1, 0.15) is 46.5 Å². The van der Waals surface area contributed by atoms with Crippen molar-refractivity contribution in [3.8, 4) is 5.69 Å². The van der Waals surface area contributed by atoms with Crippen LogP contribution in [0, 0.1) is 0 Å². The van der Waals surface area contributed by atoms with Crippen LogP contribution in [0.2, 0.25) is 5.02 Å². The maximum absolute atomic E-state index is 13.7. The summed E-state index contributed by atoms with van der Waals surface area (Å²) in [6.07, 6.45) is -1.14. The number of nitrogens with zero attached hydrogens (tertiary/aromatic N) is 3. The summed E-state index contributed by atoms with van der Waals surface area (Å²) in [5.41, 5.74) is 0.0331. The van der Waals surface area contributed by atoms with E-state index < -0.39 is 23.2 Å². The van der Waals surface area contributed by atoms with Gasteiger partial charge in [-0.15, -0.1) is 0 Å². The summed E-state index contributed by atoms with van der Waals surface area (Å²) in [6, 6.07) is 10.5. The molecular weight excluding hydrogens is 458 g/mol. The number of amides is 3. The molecule has 0 radical (unpaired) electrons. The molecule has 0 spiro atoms. The lowest BCUT2D eigenvalue weighted by atomic mass is 10.0. The molecule has 9 nitrogen and oxygen atoms in total. The van der Waals surface area contributed by atoms with Crippen molar-refractivity contribution in [3.05, 3.63) is 63.7 Å². The molecule has 0 aliphatic carbocycles. The van der Waals surface area contributed by atoms with Gasteiger partial charge in [0.2, 0.25) is 0 Å². The largest absolute Gasteiger partial charge is 0.465 e. The normalized spacial score (nSPS) is 12.3. The fourth-order valence-corrected chi connectivity index (χ4v) is 4.19. The fourth-order valence-electron chi connectivity index (χ4n) is 3.94. The number of nitrogens with one attached hydrogen (secondary N) is 2. The second kappa shape index (κ2) is 9.72. The Labute approximate surface area is 202 Å². The molecule has 0 aliphatic heterocycles. The second-order valence-electron chi connectivity index (χ2n) is 8.78. The molecule has 180 valence electrons. The molecule has 3 N–H and O–H groups in total. The number of aromatic nitrogens is 2. The maximum Gasteiger partial charge on any atom is 0.408 e. The quantitative estimate of drug-likeness (QED) is 0.469. The highest BCUT2D eigenvalue weighted by Crippen LogP contribution is 2.30. The third-order valence-electron chi connectivity index (χ3n) is 5.26. The first-order valence-corrected chi connectivity index (χ1v) is 11.2. The van der Waals surface area contributed by atoms with E-state index >= 15 is 0 Å². The summed E-state index contributed by atoms with van der Waals surface area (Å²) in [6.45, 7) is 9.26. The van der Waals surface area contributed by atoms with Gasteiger partial charge in [-0.3, -0.25) is 14.3 Å². The van der Waals surface area contributed by atoms with E-state index in [-0.39, 0.29) is 22.3 Å². The monoisotopic (exact) mass is 485 g/mol. The van der Waals surface area contributed by atoms with E-state index in [1.165, 1.54) is 9.47 Å². The van der Waals surface area contributed by atoms with Gasteiger partial charge in [-0.1, -0.05) is 23.7 Å². The van der Waals surface area contributed by atoms with Crippen molar-refractivity contribution in [1.82, 2.24) is 19.8 Å². The zero-order valence-electron chi connectivity index (χ0n) is 19.7. The molecule has 3 aromatic rings. The Hall–Kier alpha value is -3.59. The predicted molar refractivity (Wildman–Crippen MR) is 133 cm³/mol. The van der Waals surface area contributed by atoms with Crippen molar-refractivity contribution in [2.24, 2.45) is 0 Å². The van der Waals surface area contributed by atoms with Gasteiger partial charge < -0.3 is 15.7 Å². The third-order valence-corrected chi connectivity index (χ3v) is 5.58. The molecule has 0 bridgehead atoms. The molecule has 3 rings (SSSR count). The minimum absolute atomic E-state index is 0.222. The zero-order valence-corrected chi connectivity index (χ0v) is 20.5. The van der Waals surface area contributed by atoms with Crippen LogP contribution in [0.5, 0.6) is 0 Å². The highest BCUT2D eigenvalue weighted by Gasteiger charge is 2.34. The number of benzene rings is 2. The Bertz CT molecular complexity index is 1300. The van der Waals surface area contributed by atoms with Crippen molar-refractivity contribution in [1.29, 1.82) is 0 Å².